The van der Waals surface area contributed by atoms with Crippen LogP contribution in [0, 0.1) is 6.92 Å². The Bertz CT molecular complexity index is 815. The zero-order chi connectivity index (χ0) is 20.0. The molecule has 0 fully saturated rings. The molecule has 142 valence electrons. The van der Waals surface area contributed by atoms with E-state index in [0.717, 1.165) is 16.7 Å². The number of hydrogen-bond acceptors (Lipinski definition) is 4. The summed E-state index contributed by atoms with van der Waals surface area (Å²) >= 11 is 0. The molecule has 1 N–H and O–H groups in total. The van der Waals surface area contributed by atoms with Gasteiger partial charge in [0.15, 0.2) is 6.61 Å². The number of carbonyl (C=O) groups excluding carboxylic acids is 3. The van der Waals surface area contributed by atoms with E-state index >= 15 is 0 Å². The molecule has 5 nitrogen and oxygen atoms in total. The Balaban J connectivity index is 1.81. The molecule has 2 aromatic rings. The number of imide groups is 1. The molecule has 0 aliphatic heterocycles. The van der Waals surface area contributed by atoms with Gasteiger partial charge in [0.25, 0.3) is 11.8 Å². The normalized spacial score (nSPS) is 11.0. The van der Waals surface area contributed by atoms with Crippen LogP contribution in [0.4, 0.5) is 0 Å². The van der Waals surface area contributed by atoms with E-state index in [0.29, 0.717) is 5.56 Å². The number of nitrogens with one attached hydrogen (secondary N) is 1. The first kappa shape index (κ1) is 20.4. The SMILES string of the molecule is Cc1ccc(CC(=O)OCC(=O)NC(=O)c2ccc(C(C)(C)C)cc2)cc1. The van der Waals surface area contributed by atoms with Crippen molar-refractivity contribution in [1.82, 2.24) is 5.32 Å². The fourth-order valence-electron chi connectivity index (χ4n) is 2.43. The summed E-state index contributed by atoms with van der Waals surface area (Å²) in [4.78, 5) is 35.8. The minimum absolute atomic E-state index is 0.0174. The van der Waals surface area contributed by atoms with Crippen LogP contribution in [-0.2, 0) is 26.2 Å². The van der Waals surface area contributed by atoms with Crippen molar-refractivity contribution in [2.24, 2.45) is 0 Å². The van der Waals surface area contributed by atoms with Crippen molar-refractivity contribution >= 4 is 17.8 Å². The van der Waals surface area contributed by atoms with Gasteiger partial charge in [-0.2, -0.15) is 0 Å². The summed E-state index contributed by atoms with van der Waals surface area (Å²) < 4.78 is 4.94. The predicted molar refractivity (Wildman–Crippen MR) is 103 cm³/mol. The van der Waals surface area contributed by atoms with E-state index in [1.54, 1.807) is 12.1 Å². The second-order valence-electron chi connectivity index (χ2n) is 7.53. The Morgan fingerprint density at radius 1 is 0.926 bits per heavy atom. The number of hydrogen-bond donors (Lipinski definition) is 1. The molecule has 0 atom stereocenters. The monoisotopic (exact) mass is 367 g/mol. The lowest BCUT2D eigenvalue weighted by Crippen LogP contribution is -2.34. The molecular weight excluding hydrogens is 342 g/mol. The van der Waals surface area contributed by atoms with Gasteiger partial charge in [0, 0.05) is 5.56 Å². The summed E-state index contributed by atoms with van der Waals surface area (Å²) in [6.45, 7) is 7.71. The van der Waals surface area contributed by atoms with Crippen LogP contribution in [0.3, 0.4) is 0 Å². The van der Waals surface area contributed by atoms with Gasteiger partial charge < -0.3 is 4.74 Å². The highest BCUT2D eigenvalue weighted by molar-refractivity contribution is 6.05. The molecule has 0 saturated carbocycles. The molecule has 0 radical (unpaired) electrons. The molecule has 0 aliphatic carbocycles. The van der Waals surface area contributed by atoms with E-state index < -0.39 is 24.4 Å². The molecule has 0 spiro atoms. The Morgan fingerprint density at radius 2 is 1.52 bits per heavy atom. The Labute approximate surface area is 159 Å². The highest BCUT2D eigenvalue weighted by atomic mass is 16.5. The first-order valence-electron chi connectivity index (χ1n) is 8.81. The Kier molecular flexibility index (Phi) is 6.50. The molecule has 2 rings (SSSR count). The summed E-state index contributed by atoms with van der Waals surface area (Å²) in [6, 6.07) is 14.5. The maximum absolute atomic E-state index is 12.1. The average molecular weight is 367 g/mol. The summed E-state index contributed by atoms with van der Waals surface area (Å²) in [6.07, 6.45) is 0.0791. The topological polar surface area (TPSA) is 72.5 Å². The van der Waals surface area contributed by atoms with Crippen molar-refractivity contribution in [1.29, 1.82) is 0 Å². The van der Waals surface area contributed by atoms with Gasteiger partial charge in [0.1, 0.15) is 0 Å². The van der Waals surface area contributed by atoms with Crippen molar-refractivity contribution in [3.8, 4) is 0 Å². The summed E-state index contributed by atoms with van der Waals surface area (Å²) in [7, 11) is 0. The molecule has 0 aromatic heterocycles. The van der Waals surface area contributed by atoms with E-state index in [1.165, 1.54) is 0 Å². The van der Waals surface area contributed by atoms with Gasteiger partial charge >= 0.3 is 5.97 Å². The third kappa shape index (κ3) is 6.37. The lowest BCUT2D eigenvalue weighted by Gasteiger charge is -2.18. The smallest absolute Gasteiger partial charge is 0.310 e. The molecule has 0 bridgehead atoms. The fourth-order valence-corrected chi connectivity index (χ4v) is 2.43. The third-order valence-corrected chi connectivity index (χ3v) is 4.10. The van der Waals surface area contributed by atoms with Crippen LogP contribution in [0.5, 0.6) is 0 Å². The van der Waals surface area contributed by atoms with E-state index in [-0.39, 0.29) is 11.8 Å². The van der Waals surface area contributed by atoms with E-state index in [1.807, 2.05) is 43.3 Å². The summed E-state index contributed by atoms with van der Waals surface area (Å²) in [5.41, 5.74) is 3.36. The quantitative estimate of drug-likeness (QED) is 0.823. The number of aryl methyl sites for hydroxylation is 1. The second-order valence-corrected chi connectivity index (χ2v) is 7.53. The van der Waals surface area contributed by atoms with Crippen molar-refractivity contribution in [2.75, 3.05) is 6.61 Å². The summed E-state index contributed by atoms with van der Waals surface area (Å²) in [5, 5.41) is 2.23. The van der Waals surface area contributed by atoms with Crippen LogP contribution in [0.1, 0.15) is 47.8 Å². The van der Waals surface area contributed by atoms with Crippen LogP contribution in [0.2, 0.25) is 0 Å². The number of esters is 1. The molecule has 27 heavy (non-hydrogen) atoms. The third-order valence-electron chi connectivity index (χ3n) is 4.10. The summed E-state index contributed by atoms with van der Waals surface area (Å²) in [5.74, 6) is -1.69. The van der Waals surface area contributed by atoms with Crippen LogP contribution < -0.4 is 5.32 Å². The number of carbonyl (C=O) groups is 3. The maximum Gasteiger partial charge on any atom is 0.310 e. The van der Waals surface area contributed by atoms with Crippen LogP contribution in [0.15, 0.2) is 48.5 Å². The van der Waals surface area contributed by atoms with Gasteiger partial charge in [-0.1, -0.05) is 62.7 Å². The predicted octanol–water partition coefficient (Wildman–Crippen LogP) is 3.33. The Morgan fingerprint density at radius 3 is 2.07 bits per heavy atom. The number of amides is 2. The van der Waals surface area contributed by atoms with Gasteiger partial charge in [-0.3, -0.25) is 19.7 Å². The number of benzene rings is 2. The largest absolute Gasteiger partial charge is 0.455 e. The van der Waals surface area contributed by atoms with Gasteiger partial charge in [-0.05, 0) is 35.6 Å². The lowest BCUT2D eigenvalue weighted by molar-refractivity contribution is -0.147. The van der Waals surface area contributed by atoms with Gasteiger partial charge in [0.05, 0.1) is 6.42 Å². The first-order chi connectivity index (χ1) is 12.6. The van der Waals surface area contributed by atoms with Gasteiger partial charge in [0.2, 0.25) is 0 Å². The van der Waals surface area contributed by atoms with Crippen molar-refractivity contribution in [3.05, 3.63) is 70.8 Å². The molecular formula is C22H25NO4. The first-order valence-corrected chi connectivity index (χ1v) is 8.81. The highest BCUT2D eigenvalue weighted by Gasteiger charge is 2.16. The van der Waals surface area contributed by atoms with Crippen molar-refractivity contribution < 1.29 is 19.1 Å². The van der Waals surface area contributed by atoms with Crippen LogP contribution >= 0.6 is 0 Å². The maximum atomic E-state index is 12.1. The minimum atomic E-state index is -0.655. The van der Waals surface area contributed by atoms with Gasteiger partial charge in [-0.25, -0.2) is 0 Å². The molecule has 0 aliphatic rings. The average Bonchev–Trinajstić information content (AvgIpc) is 2.61. The zero-order valence-corrected chi connectivity index (χ0v) is 16.2. The minimum Gasteiger partial charge on any atom is -0.455 e. The number of rotatable bonds is 5. The van der Waals surface area contributed by atoms with E-state index in [9.17, 15) is 14.4 Å². The molecule has 0 unspecified atom stereocenters. The standard InChI is InChI=1S/C22H25NO4/c1-15-5-7-16(8-6-15)13-20(25)27-14-19(24)23-21(26)17-9-11-18(12-10-17)22(2,3)4/h5-12H,13-14H2,1-4H3,(H,23,24,26). The van der Waals surface area contributed by atoms with E-state index in [4.69, 9.17) is 4.74 Å². The molecule has 0 saturated heterocycles. The Hall–Kier alpha value is -2.95. The lowest BCUT2D eigenvalue weighted by atomic mass is 9.87. The molecule has 2 amide bonds. The van der Waals surface area contributed by atoms with Crippen LogP contribution in [-0.4, -0.2) is 24.4 Å². The van der Waals surface area contributed by atoms with Crippen LogP contribution in [0.25, 0.3) is 0 Å². The van der Waals surface area contributed by atoms with Crippen molar-refractivity contribution in [2.45, 2.75) is 39.5 Å². The zero-order valence-electron chi connectivity index (χ0n) is 16.2. The van der Waals surface area contributed by atoms with Gasteiger partial charge in [-0.15, -0.1) is 0 Å². The highest BCUT2D eigenvalue weighted by Crippen LogP contribution is 2.22. The van der Waals surface area contributed by atoms with Crippen molar-refractivity contribution in [3.63, 3.8) is 0 Å². The fraction of sp³-hybridized carbons (Fsp3) is 0.318. The molecule has 5 heteroatoms. The number of ether oxygens (including phenoxy) is 1. The molecule has 0 heterocycles. The second kappa shape index (κ2) is 8.62. The van der Waals surface area contributed by atoms with E-state index in [2.05, 4.69) is 26.1 Å². The molecule has 2 aromatic carbocycles.